The van der Waals surface area contributed by atoms with Gasteiger partial charge in [0.1, 0.15) is 12.1 Å². The molecule has 1 aromatic rings. The van der Waals surface area contributed by atoms with Crippen LogP contribution in [0.25, 0.3) is 0 Å². The number of nitrogens with two attached hydrogens (primary N) is 1. The predicted octanol–water partition coefficient (Wildman–Crippen LogP) is 4.60. The highest BCUT2D eigenvalue weighted by molar-refractivity contribution is 5.80. The van der Waals surface area contributed by atoms with Crippen LogP contribution in [0.5, 0.6) is 0 Å². The fourth-order valence-corrected chi connectivity index (χ4v) is 2.25. The first kappa shape index (κ1) is 20.5. The van der Waals surface area contributed by atoms with Crippen LogP contribution in [0.1, 0.15) is 77.1 Å². The highest BCUT2D eigenvalue weighted by Crippen LogP contribution is 2.36. The molecule has 0 aromatic heterocycles. The van der Waals surface area contributed by atoms with Crippen molar-refractivity contribution in [2.75, 3.05) is 6.54 Å². The first-order chi connectivity index (χ1) is 9.85. The van der Waals surface area contributed by atoms with Crippen molar-refractivity contribution in [2.24, 2.45) is 11.1 Å². The van der Waals surface area contributed by atoms with Crippen LogP contribution in [0, 0.1) is 5.41 Å². The van der Waals surface area contributed by atoms with Gasteiger partial charge in [-0.2, -0.15) is 0 Å². The summed E-state index contributed by atoms with van der Waals surface area (Å²) in [6.07, 6.45) is 5.48. The van der Waals surface area contributed by atoms with E-state index in [9.17, 15) is 9.59 Å². The van der Waals surface area contributed by atoms with Crippen LogP contribution in [0.4, 0.5) is 0 Å². The molecule has 3 heteroatoms. The highest BCUT2D eigenvalue weighted by atomic mass is 16.1. The topological polar surface area (TPSA) is 60.2 Å². The number of ketones is 1. The third kappa shape index (κ3) is 7.51. The lowest BCUT2D eigenvalue weighted by atomic mass is 9.80. The van der Waals surface area contributed by atoms with Gasteiger partial charge in [-0.3, -0.25) is 9.59 Å². The number of hydrogen-bond donors (Lipinski definition) is 1. The molecule has 0 unspecified atom stereocenters. The molecule has 1 saturated carbocycles. The third-order valence-corrected chi connectivity index (χ3v) is 3.60. The van der Waals surface area contributed by atoms with Crippen molar-refractivity contribution in [2.45, 2.75) is 59.8 Å². The number of Topliss-reactive ketones (excluding diaryl/α,β-unsaturated/α-hetero) is 1. The lowest BCUT2D eigenvalue weighted by molar-refractivity contribution is -0.119. The molecule has 3 nitrogen and oxygen atoms in total. The second-order valence-electron chi connectivity index (χ2n) is 6.89. The molecule has 126 valence electrons. The summed E-state index contributed by atoms with van der Waals surface area (Å²) in [4.78, 5) is 21.1. The monoisotopic (exact) mass is 307 g/mol. The minimum Gasteiger partial charge on any atom is -0.324 e. The van der Waals surface area contributed by atoms with Crippen molar-refractivity contribution in [1.82, 2.24) is 0 Å². The van der Waals surface area contributed by atoms with Crippen LogP contribution >= 0.6 is 0 Å². The molecular formula is C19H33NO2. The Morgan fingerprint density at radius 3 is 2.09 bits per heavy atom. The van der Waals surface area contributed by atoms with E-state index >= 15 is 0 Å². The summed E-state index contributed by atoms with van der Waals surface area (Å²) in [6.45, 7) is 6.26. The summed E-state index contributed by atoms with van der Waals surface area (Å²) < 4.78 is 0. The van der Waals surface area contributed by atoms with Crippen LogP contribution in [0.2, 0.25) is 0 Å². The summed E-state index contributed by atoms with van der Waals surface area (Å²) in [5, 5.41) is 0. The maximum atomic E-state index is 10.7. The molecule has 0 spiro atoms. The highest BCUT2D eigenvalue weighted by Gasteiger charge is 2.18. The molecule has 0 aliphatic heterocycles. The van der Waals surface area contributed by atoms with Crippen LogP contribution in [0.15, 0.2) is 24.3 Å². The van der Waals surface area contributed by atoms with Gasteiger partial charge in [-0.15, -0.1) is 0 Å². The van der Waals surface area contributed by atoms with Crippen molar-refractivity contribution in [1.29, 1.82) is 0 Å². The Bertz CT molecular complexity index is 459. The minimum absolute atomic E-state index is 0. The Kier molecular flexibility index (Phi) is 8.88. The van der Waals surface area contributed by atoms with Crippen molar-refractivity contribution in [3.8, 4) is 0 Å². The van der Waals surface area contributed by atoms with E-state index in [-0.39, 0.29) is 26.6 Å². The zero-order valence-corrected chi connectivity index (χ0v) is 13.4. The van der Waals surface area contributed by atoms with E-state index in [4.69, 9.17) is 5.73 Å². The van der Waals surface area contributed by atoms with Crippen LogP contribution in [0.3, 0.4) is 0 Å². The fraction of sp³-hybridized carbons (Fsp3) is 0.579. The number of carbonyl (C=O) groups excluding carboxylic acids is 2. The minimum atomic E-state index is 0. The molecule has 0 atom stereocenters. The van der Waals surface area contributed by atoms with Gasteiger partial charge < -0.3 is 5.73 Å². The first-order valence-electron chi connectivity index (χ1n) is 7.62. The van der Waals surface area contributed by atoms with Crippen molar-refractivity contribution in [3.63, 3.8) is 0 Å². The Labute approximate surface area is 136 Å². The Hall–Kier alpha value is -1.48. The molecule has 0 bridgehead atoms. The van der Waals surface area contributed by atoms with E-state index in [0.29, 0.717) is 6.42 Å². The Balaban J connectivity index is 0. The van der Waals surface area contributed by atoms with Gasteiger partial charge in [-0.1, -0.05) is 58.9 Å². The van der Waals surface area contributed by atoms with E-state index in [1.165, 1.54) is 24.8 Å². The molecule has 0 amide bonds. The normalized spacial score (nSPS) is 14.0. The zero-order chi connectivity index (χ0) is 15.9. The number of carbonyl (C=O) groups is 2. The van der Waals surface area contributed by atoms with Gasteiger partial charge in [0, 0.05) is 13.4 Å². The van der Waals surface area contributed by atoms with Gasteiger partial charge in [0.05, 0.1) is 6.54 Å². The largest absolute Gasteiger partial charge is 0.324 e. The number of aldehydes is 1. The Morgan fingerprint density at radius 1 is 1.27 bits per heavy atom. The summed E-state index contributed by atoms with van der Waals surface area (Å²) in [5.41, 5.74) is 7.39. The van der Waals surface area contributed by atoms with E-state index in [1.807, 2.05) is 32.9 Å². The lowest BCUT2D eigenvalue weighted by Gasteiger charge is -2.25. The summed E-state index contributed by atoms with van der Waals surface area (Å²) in [7, 11) is 0. The van der Waals surface area contributed by atoms with Gasteiger partial charge in [0.25, 0.3) is 0 Å². The third-order valence-electron chi connectivity index (χ3n) is 3.60. The first-order valence-corrected chi connectivity index (χ1v) is 7.62. The summed E-state index contributed by atoms with van der Waals surface area (Å²) in [5.74, 6) is 0.910. The van der Waals surface area contributed by atoms with Gasteiger partial charge in [0.2, 0.25) is 0 Å². The quantitative estimate of drug-likeness (QED) is 0.827. The molecule has 1 aromatic carbocycles. The molecular weight excluding hydrogens is 274 g/mol. The average molecular weight is 307 g/mol. The van der Waals surface area contributed by atoms with Crippen molar-refractivity contribution in [3.05, 3.63) is 35.4 Å². The molecule has 0 heterocycles. The lowest BCUT2D eigenvalue weighted by Crippen LogP contribution is -2.20. The maximum absolute atomic E-state index is 10.7. The predicted molar refractivity (Wildman–Crippen MR) is 95.4 cm³/mol. The van der Waals surface area contributed by atoms with Gasteiger partial charge in [-0.25, -0.2) is 0 Å². The Morgan fingerprint density at radius 2 is 1.82 bits per heavy atom. The second-order valence-corrected chi connectivity index (χ2v) is 6.89. The molecule has 1 aliphatic rings. The van der Waals surface area contributed by atoms with Gasteiger partial charge in [-0.05, 0) is 29.7 Å². The standard InChI is InChI=1S/C11H12O.C7H15NO.CH4.H2/c12-8-9-4-6-11(7-5-9)10-2-1-3-10;1-7(2,3)4-6(9)5-8;;/h4-8,10H,1-3H2;4-5,8H2,1-3H3;1H4;1H. The van der Waals surface area contributed by atoms with Gasteiger partial charge in [0.15, 0.2) is 0 Å². The van der Waals surface area contributed by atoms with E-state index < -0.39 is 0 Å². The molecule has 22 heavy (non-hydrogen) atoms. The van der Waals surface area contributed by atoms with E-state index in [2.05, 4.69) is 12.1 Å². The van der Waals surface area contributed by atoms with E-state index in [0.717, 1.165) is 17.8 Å². The van der Waals surface area contributed by atoms with Crippen molar-refractivity contribution < 1.29 is 11.0 Å². The average Bonchev–Trinajstić information content (AvgIpc) is 2.36. The molecule has 0 radical (unpaired) electrons. The van der Waals surface area contributed by atoms with Crippen LogP contribution in [-0.4, -0.2) is 18.6 Å². The molecule has 0 saturated heterocycles. The number of benzene rings is 1. The molecule has 1 aliphatic carbocycles. The summed E-state index contributed by atoms with van der Waals surface area (Å²) >= 11 is 0. The smallest absolute Gasteiger partial charge is 0.150 e. The fourth-order valence-electron chi connectivity index (χ4n) is 2.25. The second kappa shape index (κ2) is 9.52. The molecule has 2 rings (SSSR count). The zero-order valence-electron chi connectivity index (χ0n) is 13.4. The maximum Gasteiger partial charge on any atom is 0.150 e. The SMILES string of the molecule is C.CC(C)(C)CC(=O)CN.O=Cc1ccc(C2CCC2)cc1.[HH]. The van der Waals surface area contributed by atoms with Crippen LogP contribution in [-0.2, 0) is 4.79 Å². The van der Waals surface area contributed by atoms with Crippen LogP contribution < -0.4 is 5.73 Å². The molecule has 1 fully saturated rings. The number of rotatable bonds is 4. The van der Waals surface area contributed by atoms with E-state index in [1.54, 1.807) is 0 Å². The van der Waals surface area contributed by atoms with Crippen molar-refractivity contribution >= 4 is 12.1 Å². The number of hydrogen-bond acceptors (Lipinski definition) is 3. The van der Waals surface area contributed by atoms with Gasteiger partial charge >= 0.3 is 0 Å². The molecule has 2 N–H and O–H groups in total. The summed E-state index contributed by atoms with van der Waals surface area (Å²) in [6, 6.07) is 7.96.